The minimum Gasteiger partial charge on any atom is -0.397 e. The van der Waals surface area contributed by atoms with Crippen molar-refractivity contribution in [3.63, 3.8) is 0 Å². The molecule has 0 aromatic heterocycles. The Labute approximate surface area is 115 Å². The Balaban J connectivity index is 2.16. The van der Waals surface area contributed by atoms with Gasteiger partial charge in [0.25, 0.3) is 0 Å². The van der Waals surface area contributed by atoms with E-state index in [9.17, 15) is 13.2 Å². The maximum absolute atomic E-state index is 12.6. The molecule has 0 heterocycles. The lowest BCUT2D eigenvalue weighted by molar-refractivity contribution is -0.137. The van der Waals surface area contributed by atoms with Crippen LogP contribution in [-0.2, 0) is 12.7 Å². The molecule has 0 fully saturated rings. The number of hydrogen-bond acceptors (Lipinski definition) is 2. The molecule has 3 N–H and O–H groups in total. The van der Waals surface area contributed by atoms with Crippen molar-refractivity contribution < 1.29 is 13.2 Å². The number of para-hydroxylation sites is 1. The van der Waals surface area contributed by atoms with E-state index >= 15 is 0 Å². The van der Waals surface area contributed by atoms with Crippen molar-refractivity contribution in [1.29, 1.82) is 0 Å². The number of benzene rings is 2. The molecule has 0 aliphatic rings. The Bertz CT molecular complexity index is 586. The topological polar surface area (TPSA) is 38.0 Å². The van der Waals surface area contributed by atoms with Gasteiger partial charge in [-0.3, -0.25) is 0 Å². The van der Waals surface area contributed by atoms with Crippen molar-refractivity contribution in [1.82, 2.24) is 0 Å². The molecule has 2 aromatic rings. The predicted molar refractivity (Wildman–Crippen MR) is 74.4 cm³/mol. The van der Waals surface area contributed by atoms with Crippen LogP contribution >= 0.6 is 0 Å². The van der Waals surface area contributed by atoms with Crippen LogP contribution in [0.1, 0.15) is 16.7 Å². The Morgan fingerprint density at radius 2 is 1.80 bits per heavy atom. The van der Waals surface area contributed by atoms with Crippen LogP contribution in [0.2, 0.25) is 0 Å². The molecule has 0 spiro atoms. The molecule has 2 rings (SSSR count). The summed E-state index contributed by atoms with van der Waals surface area (Å²) in [6.45, 7) is 2.18. The van der Waals surface area contributed by atoms with Crippen LogP contribution in [0.15, 0.2) is 42.5 Å². The monoisotopic (exact) mass is 280 g/mol. The molecule has 0 aliphatic heterocycles. The van der Waals surface area contributed by atoms with Gasteiger partial charge in [0.05, 0.1) is 16.9 Å². The smallest absolute Gasteiger partial charge is 0.397 e. The molecule has 0 unspecified atom stereocenters. The molecular formula is C15H15F3N2. The van der Waals surface area contributed by atoms with E-state index in [2.05, 4.69) is 5.32 Å². The zero-order valence-electron chi connectivity index (χ0n) is 11.0. The molecule has 0 bridgehead atoms. The molecular weight excluding hydrogens is 265 g/mol. The van der Waals surface area contributed by atoms with Gasteiger partial charge in [0.15, 0.2) is 0 Å². The summed E-state index contributed by atoms with van der Waals surface area (Å²) in [5.74, 6) is 0. The highest BCUT2D eigenvalue weighted by Crippen LogP contribution is 2.30. The number of aryl methyl sites for hydroxylation is 1. The summed E-state index contributed by atoms with van der Waals surface area (Å²) < 4.78 is 37.9. The first-order valence-electron chi connectivity index (χ1n) is 6.13. The molecule has 0 amide bonds. The average molecular weight is 280 g/mol. The molecule has 0 saturated carbocycles. The SMILES string of the molecule is Cc1cccc(N)c1NCc1cccc(C(F)(F)F)c1. The molecule has 0 aliphatic carbocycles. The maximum Gasteiger partial charge on any atom is 0.416 e. The third-order valence-corrected chi connectivity index (χ3v) is 3.03. The van der Waals surface area contributed by atoms with Crippen molar-refractivity contribution in [2.45, 2.75) is 19.6 Å². The summed E-state index contributed by atoms with van der Waals surface area (Å²) in [5, 5.41) is 3.08. The third-order valence-electron chi connectivity index (χ3n) is 3.03. The number of halogens is 3. The highest BCUT2D eigenvalue weighted by Gasteiger charge is 2.30. The lowest BCUT2D eigenvalue weighted by atomic mass is 10.1. The number of anilines is 2. The number of nitrogens with two attached hydrogens (primary N) is 1. The fourth-order valence-corrected chi connectivity index (χ4v) is 1.98. The van der Waals surface area contributed by atoms with E-state index in [0.717, 1.165) is 23.4 Å². The first-order valence-corrected chi connectivity index (χ1v) is 6.13. The second-order valence-electron chi connectivity index (χ2n) is 4.59. The number of rotatable bonds is 3. The molecule has 0 atom stereocenters. The van der Waals surface area contributed by atoms with E-state index in [-0.39, 0.29) is 0 Å². The Morgan fingerprint density at radius 1 is 1.10 bits per heavy atom. The van der Waals surface area contributed by atoms with E-state index in [1.54, 1.807) is 12.1 Å². The zero-order valence-corrected chi connectivity index (χ0v) is 11.0. The van der Waals surface area contributed by atoms with Gasteiger partial charge in [-0.1, -0.05) is 24.3 Å². The van der Waals surface area contributed by atoms with Gasteiger partial charge < -0.3 is 11.1 Å². The van der Waals surface area contributed by atoms with Crippen molar-refractivity contribution in [2.24, 2.45) is 0 Å². The number of nitrogens with one attached hydrogen (secondary N) is 1. The van der Waals surface area contributed by atoms with Crippen molar-refractivity contribution in [3.8, 4) is 0 Å². The summed E-state index contributed by atoms with van der Waals surface area (Å²) in [6.07, 6.45) is -4.32. The van der Waals surface area contributed by atoms with Gasteiger partial charge in [0, 0.05) is 6.54 Å². The van der Waals surface area contributed by atoms with E-state index in [1.165, 1.54) is 6.07 Å². The Morgan fingerprint density at radius 3 is 2.45 bits per heavy atom. The van der Waals surface area contributed by atoms with Crippen LogP contribution in [0, 0.1) is 6.92 Å². The summed E-state index contributed by atoms with van der Waals surface area (Å²) in [6, 6.07) is 10.7. The normalized spacial score (nSPS) is 11.4. The van der Waals surface area contributed by atoms with Crippen LogP contribution in [-0.4, -0.2) is 0 Å². The van der Waals surface area contributed by atoms with Gasteiger partial charge in [-0.05, 0) is 36.2 Å². The summed E-state index contributed by atoms with van der Waals surface area (Å²) in [4.78, 5) is 0. The molecule has 0 saturated heterocycles. The van der Waals surface area contributed by atoms with Crippen LogP contribution in [0.5, 0.6) is 0 Å². The van der Waals surface area contributed by atoms with Gasteiger partial charge in [-0.15, -0.1) is 0 Å². The number of alkyl halides is 3. The van der Waals surface area contributed by atoms with Crippen molar-refractivity contribution in [3.05, 3.63) is 59.2 Å². The molecule has 0 radical (unpaired) electrons. The van der Waals surface area contributed by atoms with E-state index in [1.807, 2.05) is 19.1 Å². The quantitative estimate of drug-likeness (QED) is 0.827. The van der Waals surface area contributed by atoms with Crippen LogP contribution in [0.3, 0.4) is 0 Å². The van der Waals surface area contributed by atoms with Gasteiger partial charge in [0.2, 0.25) is 0 Å². The summed E-state index contributed by atoms with van der Waals surface area (Å²) in [5.41, 5.74) is 8.05. The molecule has 2 aromatic carbocycles. The fraction of sp³-hybridized carbons (Fsp3) is 0.200. The number of hydrogen-bond donors (Lipinski definition) is 2. The fourth-order valence-electron chi connectivity index (χ4n) is 1.98. The lowest BCUT2D eigenvalue weighted by Gasteiger charge is -2.13. The first kappa shape index (κ1) is 14.2. The standard InChI is InChI=1S/C15H15F3N2/c1-10-4-2-7-13(19)14(10)20-9-11-5-3-6-12(8-11)15(16,17)18/h2-8,20H,9,19H2,1H3. The molecule has 20 heavy (non-hydrogen) atoms. The second kappa shape index (κ2) is 5.45. The minimum atomic E-state index is -4.32. The molecule has 106 valence electrons. The van der Waals surface area contributed by atoms with Crippen LogP contribution < -0.4 is 11.1 Å². The lowest BCUT2D eigenvalue weighted by Crippen LogP contribution is -2.08. The van der Waals surface area contributed by atoms with Crippen LogP contribution in [0.25, 0.3) is 0 Å². The van der Waals surface area contributed by atoms with Gasteiger partial charge in [-0.2, -0.15) is 13.2 Å². The van der Waals surface area contributed by atoms with E-state index in [4.69, 9.17) is 5.73 Å². The predicted octanol–water partition coefficient (Wildman–Crippen LogP) is 4.21. The summed E-state index contributed by atoms with van der Waals surface area (Å²) in [7, 11) is 0. The molecule has 5 heteroatoms. The highest BCUT2D eigenvalue weighted by molar-refractivity contribution is 5.69. The Kier molecular flexibility index (Phi) is 3.88. The van der Waals surface area contributed by atoms with Crippen LogP contribution in [0.4, 0.5) is 24.5 Å². The minimum absolute atomic E-state index is 0.291. The average Bonchev–Trinajstić information content (AvgIpc) is 2.37. The zero-order chi connectivity index (χ0) is 14.8. The Hall–Kier alpha value is -2.17. The second-order valence-corrected chi connectivity index (χ2v) is 4.59. The highest BCUT2D eigenvalue weighted by atomic mass is 19.4. The van der Waals surface area contributed by atoms with Gasteiger partial charge in [-0.25, -0.2) is 0 Å². The summed E-state index contributed by atoms with van der Waals surface area (Å²) >= 11 is 0. The largest absolute Gasteiger partial charge is 0.416 e. The van der Waals surface area contributed by atoms with E-state index in [0.29, 0.717) is 17.8 Å². The maximum atomic E-state index is 12.6. The van der Waals surface area contributed by atoms with E-state index < -0.39 is 11.7 Å². The van der Waals surface area contributed by atoms with Crippen molar-refractivity contribution in [2.75, 3.05) is 11.1 Å². The van der Waals surface area contributed by atoms with Gasteiger partial charge >= 0.3 is 6.18 Å². The third kappa shape index (κ3) is 3.23. The van der Waals surface area contributed by atoms with Crippen molar-refractivity contribution >= 4 is 11.4 Å². The first-order chi connectivity index (χ1) is 9.38. The van der Waals surface area contributed by atoms with Gasteiger partial charge in [0.1, 0.15) is 0 Å². The molecule has 2 nitrogen and oxygen atoms in total. The number of nitrogen functional groups attached to an aromatic ring is 1.